The van der Waals surface area contributed by atoms with Gasteiger partial charge in [-0.25, -0.2) is 4.79 Å². The molecule has 0 fully saturated rings. The molecule has 0 saturated heterocycles. The maximum Gasteiger partial charge on any atom is 0.338 e. The maximum atomic E-state index is 12.1. The van der Waals surface area contributed by atoms with E-state index in [1.54, 1.807) is 6.07 Å². The molecule has 0 unspecified atom stereocenters. The second-order valence-corrected chi connectivity index (χ2v) is 12.1. The van der Waals surface area contributed by atoms with Crippen LogP contribution in [0, 0.1) is 0 Å². The van der Waals surface area contributed by atoms with Gasteiger partial charge in [0.05, 0.1) is 19.3 Å². The number of halogens is 1. The van der Waals surface area contributed by atoms with Crippen LogP contribution in [0.15, 0.2) is 102 Å². The Balaban J connectivity index is 1.35. The van der Waals surface area contributed by atoms with E-state index in [-0.39, 0.29) is 11.9 Å². The number of hydrogen-bond donors (Lipinski definition) is 0. The van der Waals surface area contributed by atoms with Crippen LogP contribution in [-0.4, -0.2) is 43.6 Å². The lowest BCUT2D eigenvalue weighted by Crippen LogP contribution is -2.27. The van der Waals surface area contributed by atoms with E-state index in [1.807, 2.05) is 31.2 Å². The molecule has 0 N–H and O–H groups in total. The van der Waals surface area contributed by atoms with E-state index >= 15 is 0 Å². The van der Waals surface area contributed by atoms with Gasteiger partial charge in [0.15, 0.2) is 0 Å². The number of hydrogen-bond acceptors (Lipinski definition) is 6. The average Bonchev–Trinajstić information content (AvgIpc) is 3.08. The Morgan fingerprint density at radius 3 is 2.13 bits per heavy atom. The fourth-order valence-corrected chi connectivity index (χ4v) is 5.91. The Hall–Kier alpha value is -3.94. The third kappa shape index (κ3) is 11.5. The monoisotopic (exact) mass is 685 g/mol. The molecule has 0 radical (unpaired) electrons. The summed E-state index contributed by atoms with van der Waals surface area (Å²) in [6, 6.07) is 33.3. The highest BCUT2D eigenvalue weighted by Crippen LogP contribution is 2.23. The van der Waals surface area contributed by atoms with Gasteiger partial charge in [0.1, 0.15) is 12.4 Å². The van der Waals surface area contributed by atoms with E-state index in [4.69, 9.17) is 14.2 Å². The predicted octanol–water partition coefficient (Wildman–Crippen LogP) is 8.38. The normalized spacial score (nSPS) is 11.0. The first-order valence-corrected chi connectivity index (χ1v) is 16.8. The number of rotatable bonds is 18. The Morgan fingerprint density at radius 1 is 0.739 bits per heavy atom. The van der Waals surface area contributed by atoms with Crippen LogP contribution in [0.4, 0.5) is 0 Å². The van der Waals surface area contributed by atoms with Crippen molar-refractivity contribution < 1.29 is 23.8 Å². The van der Waals surface area contributed by atoms with Gasteiger partial charge in [-0.05, 0) is 108 Å². The van der Waals surface area contributed by atoms with E-state index in [2.05, 4.69) is 87.6 Å². The van der Waals surface area contributed by atoms with Crippen LogP contribution in [0.3, 0.4) is 0 Å². The number of unbranched alkanes of at least 4 members (excludes halogenated alkanes) is 1. The standard InChI is InChI=1S/C39H44BrNO5/c1-3-45-38(42)15-9-10-25-41(28-33-22-23-35(36(40)27-33)39(43)44-2)26-24-34-13-7-8-14-37(34)46-29-32-20-18-31(19-21-32)17-16-30-11-5-4-6-12-30/h4-8,11-14,18-23,27H,3,9-10,15-17,24-26,28-29H2,1-2H3. The summed E-state index contributed by atoms with van der Waals surface area (Å²) in [5.74, 6) is 0.372. The molecule has 4 aromatic carbocycles. The number of carbonyl (C=O) groups excluding carboxylic acids is 2. The molecule has 0 aromatic heterocycles. The summed E-state index contributed by atoms with van der Waals surface area (Å²) in [4.78, 5) is 26.3. The van der Waals surface area contributed by atoms with E-state index in [0.29, 0.717) is 36.2 Å². The number of para-hydroxylation sites is 1. The van der Waals surface area contributed by atoms with Gasteiger partial charge in [-0.3, -0.25) is 9.69 Å². The molecule has 0 bridgehead atoms. The van der Waals surface area contributed by atoms with E-state index in [0.717, 1.165) is 67.6 Å². The molecule has 242 valence electrons. The lowest BCUT2D eigenvalue weighted by atomic mass is 10.0. The number of benzene rings is 4. The van der Waals surface area contributed by atoms with Crippen LogP contribution in [0.25, 0.3) is 0 Å². The molecule has 0 atom stereocenters. The first-order chi connectivity index (χ1) is 22.4. The molecule has 0 spiro atoms. The number of carbonyl (C=O) groups is 2. The second kappa shape index (κ2) is 18.9. The molecule has 0 saturated carbocycles. The van der Waals surface area contributed by atoms with Crippen LogP contribution in [0.2, 0.25) is 0 Å². The molecule has 0 aliphatic heterocycles. The minimum absolute atomic E-state index is 0.149. The first-order valence-electron chi connectivity index (χ1n) is 16.0. The Bertz CT molecular complexity index is 1520. The smallest absolute Gasteiger partial charge is 0.338 e. The van der Waals surface area contributed by atoms with Crippen molar-refractivity contribution in [2.24, 2.45) is 0 Å². The Labute approximate surface area is 281 Å². The molecule has 0 heterocycles. The molecule has 4 rings (SSSR count). The van der Waals surface area contributed by atoms with Gasteiger partial charge >= 0.3 is 11.9 Å². The van der Waals surface area contributed by atoms with Crippen molar-refractivity contribution in [3.05, 3.63) is 135 Å². The van der Waals surface area contributed by atoms with Crippen molar-refractivity contribution in [2.45, 2.75) is 58.6 Å². The van der Waals surface area contributed by atoms with Gasteiger partial charge in [-0.15, -0.1) is 0 Å². The zero-order valence-electron chi connectivity index (χ0n) is 26.9. The molecule has 46 heavy (non-hydrogen) atoms. The van der Waals surface area contributed by atoms with Gasteiger partial charge in [-0.1, -0.05) is 78.9 Å². The lowest BCUT2D eigenvalue weighted by molar-refractivity contribution is -0.143. The second-order valence-electron chi connectivity index (χ2n) is 11.3. The van der Waals surface area contributed by atoms with Gasteiger partial charge < -0.3 is 14.2 Å². The fraction of sp³-hybridized carbons (Fsp3) is 0.333. The summed E-state index contributed by atoms with van der Waals surface area (Å²) in [5, 5.41) is 0. The summed E-state index contributed by atoms with van der Waals surface area (Å²) >= 11 is 3.53. The van der Waals surface area contributed by atoms with Crippen molar-refractivity contribution in [2.75, 3.05) is 26.8 Å². The van der Waals surface area contributed by atoms with Crippen molar-refractivity contribution >= 4 is 27.9 Å². The number of ether oxygens (including phenoxy) is 3. The summed E-state index contributed by atoms with van der Waals surface area (Å²) < 4.78 is 17.0. The maximum absolute atomic E-state index is 12.1. The van der Waals surface area contributed by atoms with E-state index < -0.39 is 0 Å². The average molecular weight is 687 g/mol. The van der Waals surface area contributed by atoms with Crippen molar-refractivity contribution in [3.63, 3.8) is 0 Å². The first kappa shape index (κ1) is 34.9. The highest BCUT2D eigenvalue weighted by Gasteiger charge is 2.14. The van der Waals surface area contributed by atoms with Crippen molar-refractivity contribution in [1.29, 1.82) is 0 Å². The van der Waals surface area contributed by atoms with Crippen LogP contribution in [0.5, 0.6) is 5.75 Å². The summed E-state index contributed by atoms with van der Waals surface area (Å²) in [6.45, 7) is 5.09. The van der Waals surface area contributed by atoms with E-state index in [1.165, 1.54) is 18.2 Å². The highest BCUT2D eigenvalue weighted by molar-refractivity contribution is 9.10. The quantitative estimate of drug-likeness (QED) is 0.0775. The SMILES string of the molecule is CCOC(=O)CCCCN(CCc1ccccc1OCc1ccc(CCc2ccccc2)cc1)Cc1ccc(C(=O)OC)c(Br)c1. The lowest BCUT2D eigenvalue weighted by Gasteiger charge is -2.23. The Kier molecular flexibility index (Phi) is 14.3. The zero-order chi connectivity index (χ0) is 32.6. The van der Waals surface area contributed by atoms with Crippen LogP contribution >= 0.6 is 15.9 Å². The Morgan fingerprint density at radius 2 is 1.41 bits per heavy atom. The van der Waals surface area contributed by atoms with Gasteiger partial charge in [0, 0.05) is 24.0 Å². The highest BCUT2D eigenvalue weighted by atomic mass is 79.9. The van der Waals surface area contributed by atoms with Gasteiger partial charge in [-0.2, -0.15) is 0 Å². The molecular formula is C39H44BrNO5. The predicted molar refractivity (Wildman–Crippen MR) is 186 cm³/mol. The third-order valence-corrected chi connectivity index (χ3v) is 8.54. The fourth-order valence-electron chi connectivity index (χ4n) is 5.32. The van der Waals surface area contributed by atoms with Crippen molar-refractivity contribution in [3.8, 4) is 5.75 Å². The van der Waals surface area contributed by atoms with Crippen LogP contribution in [-0.2, 0) is 46.7 Å². The van der Waals surface area contributed by atoms with Crippen molar-refractivity contribution in [1.82, 2.24) is 4.90 Å². The molecule has 6 nitrogen and oxygen atoms in total. The van der Waals surface area contributed by atoms with Gasteiger partial charge in [0.2, 0.25) is 0 Å². The van der Waals surface area contributed by atoms with Crippen LogP contribution < -0.4 is 4.74 Å². The third-order valence-electron chi connectivity index (χ3n) is 7.89. The summed E-state index contributed by atoms with van der Waals surface area (Å²) in [6.07, 6.45) is 4.92. The number of nitrogens with zero attached hydrogens (tertiary/aromatic N) is 1. The molecule has 4 aromatic rings. The summed E-state index contributed by atoms with van der Waals surface area (Å²) in [7, 11) is 1.38. The zero-order valence-corrected chi connectivity index (χ0v) is 28.5. The van der Waals surface area contributed by atoms with E-state index in [9.17, 15) is 9.59 Å². The number of esters is 2. The molecule has 0 aliphatic carbocycles. The molecule has 0 aliphatic rings. The number of methoxy groups -OCH3 is 1. The molecule has 7 heteroatoms. The topological polar surface area (TPSA) is 65.1 Å². The number of aryl methyl sites for hydroxylation is 2. The van der Waals surface area contributed by atoms with Gasteiger partial charge in [0.25, 0.3) is 0 Å². The largest absolute Gasteiger partial charge is 0.489 e. The molecule has 0 amide bonds. The minimum Gasteiger partial charge on any atom is -0.489 e. The molecular weight excluding hydrogens is 642 g/mol. The van der Waals surface area contributed by atoms with Crippen LogP contribution in [0.1, 0.15) is 64.4 Å². The minimum atomic E-state index is -0.371. The summed E-state index contributed by atoms with van der Waals surface area (Å²) in [5.41, 5.74) is 6.55.